The molecule has 7 heteroatoms. The number of nitrogens with zero attached hydrogens (tertiary/aromatic N) is 1. The summed E-state index contributed by atoms with van der Waals surface area (Å²) in [4.78, 5) is 16.0. The molecule has 0 aliphatic carbocycles. The molecule has 1 aliphatic heterocycles. The van der Waals surface area contributed by atoms with Crippen molar-refractivity contribution in [1.82, 2.24) is 10.3 Å². The summed E-state index contributed by atoms with van der Waals surface area (Å²) in [5, 5.41) is 3.23. The van der Waals surface area contributed by atoms with E-state index >= 15 is 0 Å². The zero-order chi connectivity index (χ0) is 16.9. The van der Waals surface area contributed by atoms with Gasteiger partial charge in [0.15, 0.2) is 11.5 Å². The zero-order valence-electron chi connectivity index (χ0n) is 12.9. The summed E-state index contributed by atoms with van der Waals surface area (Å²) in [6, 6.07) is 7.10. The van der Waals surface area contributed by atoms with E-state index in [0.717, 1.165) is 11.1 Å². The molecular weight excluding hydrogens is 332 g/mol. The molecule has 0 spiro atoms. The number of benzene rings is 1. The summed E-state index contributed by atoms with van der Waals surface area (Å²) in [6.45, 7) is 0.470. The molecule has 0 radical (unpaired) electrons. The van der Waals surface area contributed by atoms with Crippen LogP contribution in [0.25, 0.3) is 6.08 Å². The molecule has 0 bridgehead atoms. The number of ether oxygens (including phenoxy) is 3. The standard InChI is InChI=1S/C17H15ClN2O4/c1-22-17-12(3-2-6-19-17)9-20-15(21)5-4-11-7-13(18)16-14(8-11)23-10-24-16/h2-8H,9-10H2,1H3,(H,20,21)/b5-4+. The van der Waals surface area contributed by atoms with Gasteiger partial charge in [0.05, 0.1) is 12.1 Å². The summed E-state index contributed by atoms with van der Waals surface area (Å²) >= 11 is 6.10. The summed E-state index contributed by atoms with van der Waals surface area (Å²) in [5.74, 6) is 1.35. The molecule has 124 valence electrons. The number of hydrogen-bond donors (Lipinski definition) is 1. The van der Waals surface area contributed by atoms with Gasteiger partial charge >= 0.3 is 0 Å². The van der Waals surface area contributed by atoms with Crippen molar-refractivity contribution in [1.29, 1.82) is 0 Å². The lowest BCUT2D eigenvalue weighted by Crippen LogP contribution is -2.20. The fourth-order valence-corrected chi connectivity index (χ4v) is 2.51. The van der Waals surface area contributed by atoms with Crippen molar-refractivity contribution in [3.63, 3.8) is 0 Å². The van der Waals surface area contributed by atoms with Gasteiger partial charge in [-0.2, -0.15) is 0 Å². The van der Waals surface area contributed by atoms with Crippen LogP contribution in [0, 0.1) is 0 Å². The minimum Gasteiger partial charge on any atom is -0.481 e. The van der Waals surface area contributed by atoms with Gasteiger partial charge < -0.3 is 19.5 Å². The normalized spacial score (nSPS) is 12.4. The Morgan fingerprint density at radius 3 is 3.17 bits per heavy atom. The minimum absolute atomic E-state index is 0.148. The van der Waals surface area contributed by atoms with Gasteiger partial charge in [-0.1, -0.05) is 17.7 Å². The molecule has 1 aromatic carbocycles. The maximum absolute atomic E-state index is 12.0. The van der Waals surface area contributed by atoms with Crippen LogP contribution in [0.3, 0.4) is 0 Å². The second-order valence-corrected chi connectivity index (χ2v) is 5.37. The average Bonchev–Trinajstić information content (AvgIpc) is 3.07. The Morgan fingerprint density at radius 1 is 1.46 bits per heavy atom. The predicted molar refractivity (Wildman–Crippen MR) is 89.2 cm³/mol. The minimum atomic E-state index is -0.241. The van der Waals surface area contributed by atoms with Crippen molar-refractivity contribution >= 4 is 23.6 Å². The van der Waals surface area contributed by atoms with Crippen LogP contribution in [0.15, 0.2) is 36.5 Å². The second kappa shape index (κ2) is 7.23. The van der Waals surface area contributed by atoms with Gasteiger partial charge in [-0.3, -0.25) is 4.79 Å². The molecule has 2 heterocycles. The van der Waals surface area contributed by atoms with Crippen LogP contribution in [0.1, 0.15) is 11.1 Å². The fourth-order valence-electron chi connectivity index (χ4n) is 2.24. The molecule has 0 saturated carbocycles. The van der Waals surface area contributed by atoms with Crippen LogP contribution in [0.5, 0.6) is 17.4 Å². The first-order chi connectivity index (χ1) is 11.7. The number of halogens is 1. The highest BCUT2D eigenvalue weighted by molar-refractivity contribution is 6.32. The smallest absolute Gasteiger partial charge is 0.244 e. The number of aromatic nitrogens is 1. The van der Waals surface area contributed by atoms with Gasteiger partial charge in [0.25, 0.3) is 0 Å². The van der Waals surface area contributed by atoms with Crippen LogP contribution >= 0.6 is 11.6 Å². The van der Waals surface area contributed by atoms with E-state index < -0.39 is 0 Å². The summed E-state index contributed by atoms with van der Waals surface area (Å²) < 4.78 is 15.7. The van der Waals surface area contributed by atoms with Gasteiger partial charge in [0, 0.05) is 24.4 Å². The lowest BCUT2D eigenvalue weighted by Gasteiger charge is -2.07. The topological polar surface area (TPSA) is 69.7 Å². The van der Waals surface area contributed by atoms with Crippen molar-refractivity contribution in [3.05, 3.63) is 52.7 Å². The summed E-state index contributed by atoms with van der Waals surface area (Å²) in [5.41, 5.74) is 1.55. The molecule has 2 aromatic rings. The van der Waals surface area contributed by atoms with E-state index in [1.54, 1.807) is 30.5 Å². The van der Waals surface area contributed by atoms with Gasteiger partial charge in [0.1, 0.15) is 0 Å². The Morgan fingerprint density at radius 2 is 2.33 bits per heavy atom. The number of amides is 1. The Balaban J connectivity index is 1.63. The van der Waals surface area contributed by atoms with E-state index in [0.29, 0.717) is 28.9 Å². The van der Waals surface area contributed by atoms with Gasteiger partial charge in [-0.05, 0) is 29.8 Å². The third-order valence-electron chi connectivity index (χ3n) is 3.37. The predicted octanol–water partition coefficient (Wildman–Crippen LogP) is 2.80. The zero-order valence-corrected chi connectivity index (χ0v) is 13.7. The van der Waals surface area contributed by atoms with Crippen molar-refractivity contribution in [3.8, 4) is 17.4 Å². The lowest BCUT2D eigenvalue weighted by molar-refractivity contribution is -0.116. The van der Waals surface area contributed by atoms with E-state index in [9.17, 15) is 4.79 Å². The first kappa shape index (κ1) is 16.1. The Hall–Kier alpha value is -2.73. The number of methoxy groups -OCH3 is 1. The van der Waals surface area contributed by atoms with Crippen LogP contribution in [-0.4, -0.2) is 24.8 Å². The van der Waals surface area contributed by atoms with E-state index in [2.05, 4.69) is 10.3 Å². The highest BCUT2D eigenvalue weighted by Crippen LogP contribution is 2.40. The highest BCUT2D eigenvalue weighted by atomic mass is 35.5. The van der Waals surface area contributed by atoms with Crippen LogP contribution in [0.2, 0.25) is 5.02 Å². The molecular formula is C17H15ClN2O4. The molecule has 0 unspecified atom stereocenters. The second-order valence-electron chi connectivity index (χ2n) is 4.96. The number of carbonyl (C=O) groups excluding carboxylic acids is 1. The SMILES string of the molecule is COc1ncccc1CNC(=O)/C=C/c1cc(Cl)c2c(c1)OCO2. The molecule has 24 heavy (non-hydrogen) atoms. The molecule has 1 N–H and O–H groups in total. The van der Waals surface area contributed by atoms with Crippen LogP contribution < -0.4 is 19.5 Å². The maximum Gasteiger partial charge on any atom is 0.244 e. The van der Waals surface area contributed by atoms with E-state index in [4.69, 9.17) is 25.8 Å². The molecule has 0 saturated heterocycles. The van der Waals surface area contributed by atoms with E-state index in [-0.39, 0.29) is 12.7 Å². The molecule has 0 atom stereocenters. The van der Waals surface area contributed by atoms with Gasteiger partial charge in [-0.25, -0.2) is 4.98 Å². The fraction of sp³-hybridized carbons (Fsp3) is 0.176. The molecule has 6 nitrogen and oxygen atoms in total. The van der Waals surface area contributed by atoms with Crippen molar-refractivity contribution < 1.29 is 19.0 Å². The average molecular weight is 347 g/mol. The number of nitrogens with one attached hydrogen (secondary N) is 1. The number of rotatable bonds is 5. The summed E-state index contributed by atoms with van der Waals surface area (Å²) in [7, 11) is 1.54. The lowest BCUT2D eigenvalue weighted by atomic mass is 10.2. The molecule has 1 aliphatic rings. The number of fused-ring (bicyclic) bond motifs is 1. The molecule has 0 fully saturated rings. The van der Waals surface area contributed by atoms with E-state index in [1.165, 1.54) is 13.2 Å². The van der Waals surface area contributed by atoms with Crippen molar-refractivity contribution in [2.24, 2.45) is 0 Å². The first-order valence-corrected chi connectivity index (χ1v) is 7.58. The third-order valence-corrected chi connectivity index (χ3v) is 3.65. The van der Waals surface area contributed by atoms with Crippen LogP contribution in [-0.2, 0) is 11.3 Å². The maximum atomic E-state index is 12.0. The Labute approximate surface area is 144 Å². The largest absolute Gasteiger partial charge is 0.481 e. The highest BCUT2D eigenvalue weighted by Gasteiger charge is 2.17. The molecule has 1 amide bonds. The molecule has 1 aromatic heterocycles. The third kappa shape index (κ3) is 3.60. The summed E-state index contributed by atoms with van der Waals surface area (Å²) in [6.07, 6.45) is 4.72. The van der Waals surface area contributed by atoms with E-state index in [1.807, 2.05) is 6.07 Å². The Kier molecular flexibility index (Phi) is 4.86. The van der Waals surface area contributed by atoms with Crippen LogP contribution in [0.4, 0.5) is 0 Å². The quantitative estimate of drug-likeness (QED) is 0.843. The van der Waals surface area contributed by atoms with Crippen molar-refractivity contribution in [2.75, 3.05) is 13.9 Å². The molecule has 3 rings (SSSR count). The van der Waals surface area contributed by atoms with Crippen molar-refractivity contribution in [2.45, 2.75) is 6.54 Å². The van der Waals surface area contributed by atoms with Gasteiger partial charge in [0.2, 0.25) is 18.6 Å². The number of pyridine rings is 1. The monoisotopic (exact) mass is 346 g/mol. The first-order valence-electron chi connectivity index (χ1n) is 7.20. The van der Waals surface area contributed by atoms with Gasteiger partial charge in [-0.15, -0.1) is 0 Å². The number of hydrogen-bond acceptors (Lipinski definition) is 5. The Bertz CT molecular complexity index is 792. The number of carbonyl (C=O) groups is 1.